The van der Waals surface area contributed by atoms with Crippen molar-refractivity contribution in [1.29, 1.82) is 0 Å². The fraction of sp³-hybridized carbons (Fsp3) is 0.750. The summed E-state index contributed by atoms with van der Waals surface area (Å²) in [6, 6.07) is 0. The molecule has 4 atom stereocenters. The van der Waals surface area contributed by atoms with Crippen molar-refractivity contribution in [3.8, 4) is 0 Å². The minimum absolute atomic E-state index is 0.167. The maximum Gasteiger partial charge on any atom is 0.320 e. The van der Waals surface area contributed by atoms with Crippen LogP contribution in [0.1, 0.15) is 38.5 Å². The fourth-order valence-electron chi connectivity index (χ4n) is 4.61. The Labute approximate surface area is 118 Å². The molecule has 3 heterocycles. The van der Waals surface area contributed by atoms with Crippen LogP contribution >= 0.6 is 0 Å². The SMILES string of the molecule is O=C1OC(=O)[C@H]2[C@@H]1[C@@H]1CCO[C@H]2C=C1C1CCCCC1. The Morgan fingerprint density at radius 3 is 2.50 bits per heavy atom. The van der Waals surface area contributed by atoms with Crippen molar-refractivity contribution in [1.82, 2.24) is 0 Å². The lowest BCUT2D eigenvalue weighted by atomic mass is 9.66. The van der Waals surface area contributed by atoms with Crippen molar-refractivity contribution in [2.45, 2.75) is 44.6 Å². The topological polar surface area (TPSA) is 52.6 Å². The van der Waals surface area contributed by atoms with Gasteiger partial charge in [0.2, 0.25) is 0 Å². The highest BCUT2D eigenvalue weighted by Gasteiger charge is 2.56. The van der Waals surface area contributed by atoms with Gasteiger partial charge in [0.05, 0.1) is 12.0 Å². The number of cyclic esters (lactones) is 2. The molecule has 0 radical (unpaired) electrons. The molecular weight excluding hydrogens is 256 g/mol. The molecule has 5 rings (SSSR count). The molecule has 2 saturated heterocycles. The van der Waals surface area contributed by atoms with Gasteiger partial charge in [0.1, 0.15) is 5.92 Å². The van der Waals surface area contributed by atoms with E-state index in [1.807, 2.05) is 0 Å². The van der Waals surface area contributed by atoms with Gasteiger partial charge >= 0.3 is 11.9 Å². The maximum absolute atomic E-state index is 12.1. The summed E-state index contributed by atoms with van der Waals surface area (Å²) in [5.74, 6) is -0.611. The van der Waals surface area contributed by atoms with Crippen LogP contribution < -0.4 is 0 Å². The van der Waals surface area contributed by atoms with E-state index in [0.29, 0.717) is 12.5 Å². The van der Waals surface area contributed by atoms with Gasteiger partial charge in [-0.15, -0.1) is 0 Å². The van der Waals surface area contributed by atoms with E-state index in [1.165, 1.54) is 37.7 Å². The van der Waals surface area contributed by atoms with Crippen LogP contribution in [-0.4, -0.2) is 24.6 Å². The van der Waals surface area contributed by atoms with E-state index in [1.54, 1.807) is 0 Å². The molecule has 20 heavy (non-hydrogen) atoms. The predicted molar refractivity (Wildman–Crippen MR) is 70.6 cm³/mol. The van der Waals surface area contributed by atoms with Gasteiger partial charge in [0.15, 0.2) is 0 Å². The number of ether oxygens (including phenoxy) is 2. The smallest absolute Gasteiger partial charge is 0.320 e. The fourth-order valence-corrected chi connectivity index (χ4v) is 4.61. The van der Waals surface area contributed by atoms with Gasteiger partial charge < -0.3 is 9.47 Å². The van der Waals surface area contributed by atoms with Crippen molar-refractivity contribution >= 4 is 11.9 Å². The van der Waals surface area contributed by atoms with Crippen molar-refractivity contribution in [3.63, 3.8) is 0 Å². The molecule has 0 aromatic rings. The van der Waals surface area contributed by atoms with Crippen LogP contribution in [0, 0.1) is 23.7 Å². The second-order valence-corrected chi connectivity index (χ2v) is 6.52. The van der Waals surface area contributed by atoms with Crippen LogP contribution in [0.25, 0.3) is 0 Å². The molecule has 5 aliphatic rings. The molecule has 0 aromatic carbocycles. The lowest BCUT2D eigenvalue weighted by Gasteiger charge is -2.36. The highest BCUT2D eigenvalue weighted by atomic mass is 16.6. The molecule has 2 bridgehead atoms. The van der Waals surface area contributed by atoms with E-state index in [0.717, 1.165) is 6.42 Å². The molecule has 4 heteroatoms. The van der Waals surface area contributed by atoms with E-state index in [-0.39, 0.29) is 35.8 Å². The number of hydrogen-bond acceptors (Lipinski definition) is 4. The highest BCUT2D eigenvalue weighted by molar-refractivity contribution is 5.97. The lowest BCUT2D eigenvalue weighted by molar-refractivity contribution is -0.154. The molecule has 1 saturated carbocycles. The van der Waals surface area contributed by atoms with Crippen molar-refractivity contribution in [3.05, 3.63) is 11.6 Å². The van der Waals surface area contributed by atoms with E-state index in [9.17, 15) is 9.59 Å². The van der Waals surface area contributed by atoms with Crippen LogP contribution in [0.2, 0.25) is 0 Å². The van der Waals surface area contributed by atoms with E-state index in [4.69, 9.17) is 9.47 Å². The number of fused-ring (bicyclic) bond motifs is 2. The molecule has 4 nitrogen and oxygen atoms in total. The molecule has 0 amide bonds. The summed E-state index contributed by atoms with van der Waals surface area (Å²) in [5.41, 5.74) is 1.39. The second kappa shape index (κ2) is 4.69. The van der Waals surface area contributed by atoms with Gasteiger partial charge in [0.25, 0.3) is 0 Å². The number of esters is 2. The van der Waals surface area contributed by atoms with Gasteiger partial charge in [0, 0.05) is 6.61 Å². The van der Waals surface area contributed by atoms with Crippen LogP contribution in [-0.2, 0) is 19.1 Å². The first-order valence-electron chi connectivity index (χ1n) is 7.84. The minimum Gasteiger partial charge on any atom is -0.393 e. The van der Waals surface area contributed by atoms with Gasteiger partial charge in [-0.05, 0) is 31.1 Å². The molecule has 2 aliphatic carbocycles. The first kappa shape index (κ1) is 12.6. The number of allylic oxidation sites excluding steroid dienone is 1. The average Bonchev–Trinajstić information content (AvgIpc) is 2.65. The Bertz CT molecular complexity index is 475. The van der Waals surface area contributed by atoms with Crippen LogP contribution in [0.5, 0.6) is 0 Å². The molecule has 3 aliphatic heterocycles. The van der Waals surface area contributed by atoms with E-state index < -0.39 is 0 Å². The van der Waals surface area contributed by atoms with Gasteiger partial charge in [-0.3, -0.25) is 9.59 Å². The Morgan fingerprint density at radius 2 is 1.70 bits per heavy atom. The number of hydrogen-bond donors (Lipinski definition) is 0. The number of carbonyl (C=O) groups is 2. The monoisotopic (exact) mass is 276 g/mol. The Morgan fingerprint density at radius 1 is 0.950 bits per heavy atom. The second-order valence-electron chi connectivity index (χ2n) is 6.52. The molecule has 108 valence electrons. The van der Waals surface area contributed by atoms with Crippen molar-refractivity contribution in [2.75, 3.05) is 6.61 Å². The van der Waals surface area contributed by atoms with Gasteiger partial charge in [-0.2, -0.15) is 0 Å². The highest BCUT2D eigenvalue weighted by Crippen LogP contribution is 2.49. The van der Waals surface area contributed by atoms with Crippen molar-refractivity contribution < 1.29 is 19.1 Å². The zero-order valence-corrected chi connectivity index (χ0v) is 11.5. The number of carbonyl (C=O) groups excluding carboxylic acids is 2. The van der Waals surface area contributed by atoms with Crippen LogP contribution in [0.3, 0.4) is 0 Å². The summed E-state index contributed by atoms with van der Waals surface area (Å²) in [7, 11) is 0. The third-order valence-corrected chi connectivity index (χ3v) is 5.52. The summed E-state index contributed by atoms with van der Waals surface area (Å²) >= 11 is 0. The Kier molecular flexibility index (Phi) is 2.95. The molecule has 0 N–H and O–H groups in total. The molecule has 0 spiro atoms. The minimum atomic E-state index is -0.387. The molecule has 3 fully saturated rings. The first-order valence-corrected chi connectivity index (χ1v) is 7.84. The average molecular weight is 276 g/mol. The third-order valence-electron chi connectivity index (χ3n) is 5.52. The summed E-state index contributed by atoms with van der Waals surface area (Å²) < 4.78 is 10.7. The summed E-state index contributed by atoms with van der Waals surface area (Å²) in [5, 5.41) is 0. The largest absolute Gasteiger partial charge is 0.393 e. The maximum atomic E-state index is 12.1. The van der Waals surface area contributed by atoms with E-state index in [2.05, 4.69) is 6.08 Å². The van der Waals surface area contributed by atoms with Crippen LogP contribution in [0.15, 0.2) is 11.6 Å². The zero-order chi connectivity index (χ0) is 13.7. The summed E-state index contributed by atoms with van der Waals surface area (Å²) in [4.78, 5) is 24.0. The van der Waals surface area contributed by atoms with Gasteiger partial charge in [-0.1, -0.05) is 30.9 Å². The predicted octanol–water partition coefficient (Wildman–Crippen LogP) is 2.23. The Balaban J connectivity index is 1.71. The number of rotatable bonds is 1. The van der Waals surface area contributed by atoms with E-state index >= 15 is 0 Å². The summed E-state index contributed by atoms with van der Waals surface area (Å²) in [6.07, 6.45) is 9.08. The summed E-state index contributed by atoms with van der Waals surface area (Å²) in [6.45, 7) is 0.648. The standard InChI is InChI=1S/C16H20O4/c17-15-13-10-6-7-19-12(14(13)16(18)20-15)8-11(10)9-4-2-1-3-5-9/h8-10,12-14H,1-7H2/t10-,12+,13+,14-/m1/s1. The third kappa shape index (κ3) is 1.77. The molecule has 0 unspecified atom stereocenters. The quantitative estimate of drug-likeness (QED) is 0.418. The first-order chi connectivity index (χ1) is 9.75. The lowest BCUT2D eigenvalue weighted by Crippen LogP contribution is -2.39. The van der Waals surface area contributed by atoms with Crippen LogP contribution in [0.4, 0.5) is 0 Å². The van der Waals surface area contributed by atoms with Gasteiger partial charge in [-0.25, -0.2) is 0 Å². The Hall–Kier alpha value is -1.16. The zero-order valence-electron chi connectivity index (χ0n) is 11.5. The van der Waals surface area contributed by atoms with Crippen molar-refractivity contribution in [2.24, 2.45) is 23.7 Å². The molecular formula is C16H20O4. The molecule has 0 aromatic heterocycles. The normalized spacial score (nSPS) is 41.1.